The average molecular weight is 213 g/mol. The van der Waals surface area contributed by atoms with Gasteiger partial charge in [-0.3, -0.25) is 4.79 Å². The molecule has 2 fully saturated rings. The number of rotatable bonds is 1. The molecule has 1 spiro atoms. The predicted octanol–water partition coefficient (Wildman–Crippen LogP) is 2.10. The van der Waals surface area contributed by atoms with E-state index < -0.39 is 0 Å². The van der Waals surface area contributed by atoms with Gasteiger partial charge in [0.05, 0.1) is 5.25 Å². The average Bonchev–Trinajstić information content (AvgIpc) is 2.76. The Labute approximate surface area is 91.5 Å². The second-order valence-electron chi connectivity index (χ2n) is 4.89. The number of amides is 1. The summed E-state index contributed by atoms with van der Waals surface area (Å²) in [6.07, 6.45) is 6.60. The fourth-order valence-corrected chi connectivity index (χ4v) is 3.08. The minimum Gasteiger partial charge on any atom is -0.341 e. The minimum absolute atomic E-state index is 0.133. The van der Waals surface area contributed by atoms with Crippen LogP contribution in [-0.4, -0.2) is 29.1 Å². The van der Waals surface area contributed by atoms with Gasteiger partial charge < -0.3 is 4.90 Å². The summed E-state index contributed by atoms with van der Waals surface area (Å²) in [6, 6.07) is 0. The van der Waals surface area contributed by atoms with Crippen LogP contribution in [0.15, 0.2) is 0 Å². The van der Waals surface area contributed by atoms with E-state index in [-0.39, 0.29) is 11.2 Å². The fraction of sp³-hybridized carbons (Fsp3) is 0.909. The summed E-state index contributed by atoms with van der Waals surface area (Å²) < 4.78 is 0. The van der Waals surface area contributed by atoms with Crippen LogP contribution in [0.4, 0.5) is 0 Å². The molecule has 0 N–H and O–H groups in total. The molecule has 14 heavy (non-hydrogen) atoms. The Morgan fingerprint density at radius 2 is 2.00 bits per heavy atom. The van der Waals surface area contributed by atoms with Gasteiger partial charge in [0.25, 0.3) is 0 Å². The third kappa shape index (κ3) is 1.79. The molecule has 1 saturated heterocycles. The molecule has 80 valence electrons. The van der Waals surface area contributed by atoms with Gasteiger partial charge in [-0.05, 0) is 31.6 Å². The van der Waals surface area contributed by atoms with E-state index in [0.29, 0.717) is 5.41 Å². The predicted molar refractivity (Wildman–Crippen MR) is 60.5 cm³/mol. The third-order valence-electron chi connectivity index (χ3n) is 3.77. The Hall–Kier alpha value is -0.180. The molecular weight excluding hydrogens is 194 g/mol. The smallest absolute Gasteiger partial charge is 0.235 e. The van der Waals surface area contributed by atoms with Crippen molar-refractivity contribution in [1.82, 2.24) is 4.90 Å². The summed E-state index contributed by atoms with van der Waals surface area (Å²) in [5.41, 5.74) is 0.498. The van der Waals surface area contributed by atoms with Crippen LogP contribution in [-0.2, 0) is 4.79 Å². The first-order valence-electron chi connectivity index (χ1n) is 5.60. The number of nitrogens with zero attached hydrogens (tertiary/aromatic N) is 1. The van der Waals surface area contributed by atoms with Crippen molar-refractivity contribution in [2.24, 2.45) is 5.41 Å². The summed E-state index contributed by atoms with van der Waals surface area (Å²) in [5, 5.41) is -0.133. The van der Waals surface area contributed by atoms with Crippen LogP contribution in [0.1, 0.15) is 39.0 Å². The van der Waals surface area contributed by atoms with E-state index in [2.05, 4.69) is 12.6 Å². The molecule has 1 atom stereocenters. The van der Waals surface area contributed by atoms with Crippen LogP contribution < -0.4 is 0 Å². The van der Waals surface area contributed by atoms with Crippen LogP contribution in [0, 0.1) is 5.41 Å². The van der Waals surface area contributed by atoms with Crippen LogP contribution in [0.2, 0.25) is 0 Å². The topological polar surface area (TPSA) is 20.3 Å². The molecule has 1 heterocycles. The van der Waals surface area contributed by atoms with E-state index in [1.165, 1.54) is 32.1 Å². The number of thiol groups is 1. The SMILES string of the molecule is CC(S)C(=O)N1CCC2(CCCC2)C1. The van der Waals surface area contributed by atoms with Crippen molar-refractivity contribution in [2.75, 3.05) is 13.1 Å². The number of hydrogen-bond acceptors (Lipinski definition) is 2. The number of carbonyl (C=O) groups is 1. The minimum atomic E-state index is -0.133. The quantitative estimate of drug-likeness (QED) is 0.661. The van der Waals surface area contributed by atoms with Gasteiger partial charge in [-0.15, -0.1) is 0 Å². The Bertz CT molecular complexity index is 233. The molecule has 2 aliphatic rings. The van der Waals surface area contributed by atoms with E-state index in [0.717, 1.165) is 13.1 Å². The molecule has 1 amide bonds. The lowest BCUT2D eigenvalue weighted by molar-refractivity contribution is -0.129. The Morgan fingerprint density at radius 3 is 2.57 bits per heavy atom. The van der Waals surface area contributed by atoms with E-state index in [4.69, 9.17) is 0 Å². The highest BCUT2D eigenvalue weighted by atomic mass is 32.1. The largest absolute Gasteiger partial charge is 0.341 e. The van der Waals surface area contributed by atoms with Gasteiger partial charge in [-0.25, -0.2) is 0 Å². The van der Waals surface area contributed by atoms with E-state index in [1.54, 1.807) is 0 Å². The zero-order chi connectivity index (χ0) is 10.2. The van der Waals surface area contributed by atoms with Crippen LogP contribution in [0.5, 0.6) is 0 Å². The molecule has 0 aromatic rings. The van der Waals surface area contributed by atoms with Gasteiger partial charge in [0.1, 0.15) is 0 Å². The monoisotopic (exact) mass is 213 g/mol. The van der Waals surface area contributed by atoms with Gasteiger partial charge >= 0.3 is 0 Å². The molecule has 1 aliphatic carbocycles. The molecule has 0 aromatic carbocycles. The van der Waals surface area contributed by atoms with Crippen molar-refractivity contribution >= 4 is 18.5 Å². The summed E-state index contributed by atoms with van der Waals surface area (Å²) in [5.74, 6) is 0.220. The lowest BCUT2D eigenvalue weighted by atomic mass is 9.86. The van der Waals surface area contributed by atoms with E-state index >= 15 is 0 Å². The van der Waals surface area contributed by atoms with Gasteiger partial charge in [0.15, 0.2) is 0 Å². The van der Waals surface area contributed by atoms with E-state index in [9.17, 15) is 4.79 Å². The van der Waals surface area contributed by atoms with Crippen molar-refractivity contribution < 1.29 is 4.79 Å². The molecular formula is C11H19NOS. The maximum Gasteiger partial charge on any atom is 0.235 e. The van der Waals surface area contributed by atoms with Crippen molar-refractivity contribution in [3.05, 3.63) is 0 Å². The maximum atomic E-state index is 11.7. The summed E-state index contributed by atoms with van der Waals surface area (Å²) in [6.45, 7) is 3.82. The molecule has 1 unspecified atom stereocenters. The van der Waals surface area contributed by atoms with Crippen molar-refractivity contribution in [2.45, 2.75) is 44.3 Å². The van der Waals surface area contributed by atoms with Crippen molar-refractivity contribution in [3.8, 4) is 0 Å². The summed E-state index contributed by atoms with van der Waals surface area (Å²) in [7, 11) is 0. The zero-order valence-electron chi connectivity index (χ0n) is 8.83. The normalized spacial score (nSPS) is 27.1. The molecule has 3 heteroatoms. The first-order chi connectivity index (χ1) is 6.63. The lowest BCUT2D eigenvalue weighted by Crippen LogP contribution is -2.35. The van der Waals surface area contributed by atoms with Gasteiger partial charge in [0, 0.05) is 13.1 Å². The van der Waals surface area contributed by atoms with Crippen LogP contribution in [0.25, 0.3) is 0 Å². The second kappa shape index (κ2) is 3.76. The fourth-order valence-electron chi connectivity index (χ4n) is 2.92. The second-order valence-corrected chi connectivity index (χ2v) is 5.67. The molecule has 0 radical (unpaired) electrons. The number of carbonyl (C=O) groups excluding carboxylic acids is 1. The number of hydrogen-bond donors (Lipinski definition) is 1. The van der Waals surface area contributed by atoms with E-state index in [1.807, 2.05) is 11.8 Å². The van der Waals surface area contributed by atoms with Crippen LogP contribution in [0.3, 0.4) is 0 Å². The molecule has 1 aliphatic heterocycles. The molecule has 1 saturated carbocycles. The zero-order valence-corrected chi connectivity index (χ0v) is 9.72. The lowest BCUT2D eigenvalue weighted by Gasteiger charge is -2.24. The first-order valence-corrected chi connectivity index (χ1v) is 6.12. The van der Waals surface area contributed by atoms with Crippen molar-refractivity contribution in [3.63, 3.8) is 0 Å². The molecule has 2 nitrogen and oxygen atoms in total. The third-order valence-corrected chi connectivity index (χ3v) is 3.99. The highest BCUT2D eigenvalue weighted by Crippen LogP contribution is 2.45. The molecule has 2 rings (SSSR count). The summed E-state index contributed by atoms with van der Waals surface area (Å²) >= 11 is 4.21. The highest BCUT2D eigenvalue weighted by Gasteiger charge is 2.41. The van der Waals surface area contributed by atoms with Gasteiger partial charge in [0.2, 0.25) is 5.91 Å². The standard InChI is InChI=1S/C11H19NOS/c1-9(14)10(13)12-7-6-11(8-12)4-2-3-5-11/h9,14H,2-8H2,1H3. The van der Waals surface area contributed by atoms with Crippen LogP contribution >= 0.6 is 12.6 Å². The maximum absolute atomic E-state index is 11.7. The first kappa shape index (κ1) is 10.3. The Balaban J connectivity index is 1.97. The van der Waals surface area contributed by atoms with Gasteiger partial charge in [-0.1, -0.05) is 12.8 Å². The van der Waals surface area contributed by atoms with Gasteiger partial charge in [-0.2, -0.15) is 12.6 Å². The summed E-state index contributed by atoms with van der Waals surface area (Å²) in [4.78, 5) is 13.8. The number of likely N-dealkylation sites (tertiary alicyclic amines) is 1. The molecule has 0 aromatic heterocycles. The highest BCUT2D eigenvalue weighted by molar-refractivity contribution is 7.81. The Kier molecular flexibility index (Phi) is 2.78. The molecule has 0 bridgehead atoms. The Morgan fingerprint density at radius 1 is 1.36 bits per heavy atom. The van der Waals surface area contributed by atoms with Crippen molar-refractivity contribution in [1.29, 1.82) is 0 Å².